The van der Waals surface area contributed by atoms with Gasteiger partial charge in [0.2, 0.25) is 5.95 Å². The van der Waals surface area contributed by atoms with E-state index < -0.39 is 0 Å². The highest BCUT2D eigenvalue weighted by Gasteiger charge is 2.16. The fourth-order valence-corrected chi connectivity index (χ4v) is 3.60. The molecule has 0 spiro atoms. The Morgan fingerprint density at radius 2 is 1.92 bits per heavy atom. The van der Waals surface area contributed by atoms with Crippen molar-refractivity contribution < 1.29 is 9.53 Å². The first-order valence-corrected chi connectivity index (χ1v) is 9.91. The molecule has 3 rings (SSSR count). The van der Waals surface area contributed by atoms with Gasteiger partial charge in [-0.15, -0.1) is 0 Å². The third-order valence-corrected chi connectivity index (χ3v) is 5.09. The Bertz CT molecular complexity index is 581. The topological polar surface area (TPSA) is 79.4 Å². The van der Waals surface area contributed by atoms with Gasteiger partial charge in [0.25, 0.3) is 5.91 Å². The number of hydrogen-bond acceptors (Lipinski definition) is 6. The van der Waals surface area contributed by atoms with Gasteiger partial charge >= 0.3 is 0 Å². The van der Waals surface area contributed by atoms with Crippen molar-refractivity contribution in [1.29, 1.82) is 0 Å². The summed E-state index contributed by atoms with van der Waals surface area (Å²) in [7, 11) is 0. The number of nitrogens with one attached hydrogen (secondary N) is 2. The van der Waals surface area contributed by atoms with Crippen molar-refractivity contribution in [2.75, 3.05) is 44.7 Å². The Morgan fingerprint density at radius 1 is 1.19 bits per heavy atom. The number of carbonyl (C=O) groups excluding carboxylic acids is 1. The van der Waals surface area contributed by atoms with Crippen LogP contribution in [-0.2, 0) is 4.74 Å². The van der Waals surface area contributed by atoms with E-state index in [2.05, 4.69) is 25.5 Å². The van der Waals surface area contributed by atoms with E-state index in [1.807, 2.05) is 6.92 Å². The Morgan fingerprint density at radius 3 is 2.65 bits per heavy atom. The van der Waals surface area contributed by atoms with Crippen LogP contribution < -0.4 is 10.6 Å². The molecule has 1 aromatic heterocycles. The summed E-state index contributed by atoms with van der Waals surface area (Å²) in [6, 6.07) is 2.17. The van der Waals surface area contributed by atoms with Gasteiger partial charge in [-0.1, -0.05) is 25.7 Å². The Kier molecular flexibility index (Phi) is 7.20. The van der Waals surface area contributed by atoms with Crippen LogP contribution in [0.3, 0.4) is 0 Å². The van der Waals surface area contributed by atoms with Gasteiger partial charge in [-0.2, -0.15) is 0 Å². The van der Waals surface area contributed by atoms with Crippen molar-refractivity contribution in [1.82, 2.24) is 20.2 Å². The summed E-state index contributed by atoms with van der Waals surface area (Å²) in [5.41, 5.74) is 1.25. The van der Waals surface area contributed by atoms with E-state index in [1.54, 1.807) is 6.07 Å². The molecule has 1 saturated heterocycles. The number of hydrogen-bond donors (Lipinski definition) is 2. The van der Waals surface area contributed by atoms with Crippen molar-refractivity contribution in [3.8, 4) is 0 Å². The summed E-state index contributed by atoms with van der Waals surface area (Å²) in [5, 5.41) is 6.42. The molecule has 0 unspecified atom stereocenters. The van der Waals surface area contributed by atoms with Crippen LogP contribution in [0.25, 0.3) is 0 Å². The van der Waals surface area contributed by atoms with E-state index >= 15 is 0 Å². The number of rotatable bonds is 6. The maximum absolute atomic E-state index is 12.5. The number of aromatic nitrogens is 2. The van der Waals surface area contributed by atoms with Crippen LogP contribution in [0.1, 0.15) is 54.7 Å². The SMILES string of the molecule is Cc1cc(C(=O)NCCN2CCOCC2)nc(NC2CCCCCC2)n1. The lowest BCUT2D eigenvalue weighted by atomic mass is 10.1. The molecule has 1 aromatic rings. The average Bonchev–Trinajstić information content (AvgIpc) is 2.91. The molecule has 7 nitrogen and oxygen atoms in total. The largest absolute Gasteiger partial charge is 0.379 e. The molecule has 26 heavy (non-hydrogen) atoms. The molecular weight excluding hydrogens is 330 g/mol. The Hall–Kier alpha value is -1.73. The Labute approximate surface area is 155 Å². The molecule has 1 aliphatic heterocycles. The molecule has 7 heteroatoms. The van der Waals surface area contributed by atoms with Gasteiger partial charge in [0.05, 0.1) is 13.2 Å². The first-order valence-electron chi connectivity index (χ1n) is 9.91. The maximum atomic E-state index is 12.5. The molecule has 1 aliphatic carbocycles. The zero-order valence-corrected chi connectivity index (χ0v) is 15.8. The third-order valence-electron chi connectivity index (χ3n) is 5.09. The van der Waals surface area contributed by atoms with Crippen LogP contribution >= 0.6 is 0 Å². The lowest BCUT2D eigenvalue weighted by Gasteiger charge is -2.26. The fraction of sp³-hybridized carbons (Fsp3) is 0.737. The van der Waals surface area contributed by atoms with Crippen molar-refractivity contribution in [2.24, 2.45) is 0 Å². The molecule has 2 aliphatic rings. The fourth-order valence-electron chi connectivity index (χ4n) is 3.60. The lowest BCUT2D eigenvalue weighted by molar-refractivity contribution is 0.0383. The van der Waals surface area contributed by atoms with E-state index in [4.69, 9.17) is 4.74 Å². The Balaban J connectivity index is 1.52. The summed E-state index contributed by atoms with van der Waals surface area (Å²) in [4.78, 5) is 23.7. The molecule has 2 N–H and O–H groups in total. The molecule has 1 amide bonds. The number of carbonyl (C=O) groups is 1. The molecule has 2 heterocycles. The first-order chi connectivity index (χ1) is 12.7. The van der Waals surface area contributed by atoms with Crippen LogP contribution in [0.15, 0.2) is 6.07 Å². The van der Waals surface area contributed by atoms with E-state index in [0.717, 1.165) is 51.4 Å². The summed E-state index contributed by atoms with van der Waals surface area (Å²) in [5.74, 6) is 0.447. The van der Waals surface area contributed by atoms with Crippen LogP contribution in [0.2, 0.25) is 0 Å². The highest BCUT2D eigenvalue weighted by Crippen LogP contribution is 2.20. The highest BCUT2D eigenvalue weighted by atomic mass is 16.5. The van der Waals surface area contributed by atoms with Gasteiger partial charge in [-0.3, -0.25) is 9.69 Å². The highest BCUT2D eigenvalue weighted by molar-refractivity contribution is 5.92. The number of amides is 1. The summed E-state index contributed by atoms with van der Waals surface area (Å²) in [6.45, 7) is 6.77. The minimum atomic E-state index is -0.132. The normalized spacial score (nSPS) is 19.7. The summed E-state index contributed by atoms with van der Waals surface area (Å²) < 4.78 is 5.34. The lowest BCUT2D eigenvalue weighted by Crippen LogP contribution is -2.41. The molecule has 0 aromatic carbocycles. The maximum Gasteiger partial charge on any atom is 0.270 e. The number of nitrogens with zero attached hydrogens (tertiary/aromatic N) is 3. The van der Waals surface area contributed by atoms with E-state index in [-0.39, 0.29) is 5.91 Å². The number of anilines is 1. The standard InChI is InChI=1S/C19H31N5O2/c1-15-14-17(18(25)20-8-9-24-10-12-26-13-11-24)23-19(21-15)22-16-6-4-2-3-5-7-16/h14,16H,2-13H2,1H3,(H,20,25)(H,21,22,23). The predicted molar refractivity (Wildman–Crippen MR) is 101 cm³/mol. The van der Waals surface area contributed by atoms with Crippen LogP contribution in [0, 0.1) is 6.92 Å². The third kappa shape index (κ3) is 5.92. The molecule has 0 atom stereocenters. The molecule has 0 bridgehead atoms. The molecule has 0 radical (unpaired) electrons. The second-order valence-corrected chi connectivity index (χ2v) is 7.26. The molecular formula is C19H31N5O2. The smallest absolute Gasteiger partial charge is 0.270 e. The van der Waals surface area contributed by atoms with Gasteiger partial charge < -0.3 is 15.4 Å². The van der Waals surface area contributed by atoms with Gasteiger partial charge in [0.15, 0.2) is 0 Å². The van der Waals surface area contributed by atoms with Crippen LogP contribution in [-0.4, -0.2) is 66.2 Å². The van der Waals surface area contributed by atoms with E-state index in [0.29, 0.717) is 24.2 Å². The zero-order valence-electron chi connectivity index (χ0n) is 15.8. The van der Waals surface area contributed by atoms with Crippen molar-refractivity contribution in [3.63, 3.8) is 0 Å². The van der Waals surface area contributed by atoms with E-state index in [9.17, 15) is 4.79 Å². The average molecular weight is 361 g/mol. The monoisotopic (exact) mass is 361 g/mol. The summed E-state index contributed by atoms with van der Waals surface area (Å²) >= 11 is 0. The minimum Gasteiger partial charge on any atom is -0.379 e. The molecule has 144 valence electrons. The van der Waals surface area contributed by atoms with Gasteiger partial charge in [-0.05, 0) is 25.8 Å². The van der Waals surface area contributed by atoms with Crippen LogP contribution in [0.5, 0.6) is 0 Å². The van der Waals surface area contributed by atoms with E-state index in [1.165, 1.54) is 25.7 Å². The number of morpholine rings is 1. The van der Waals surface area contributed by atoms with Crippen molar-refractivity contribution >= 4 is 11.9 Å². The second kappa shape index (κ2) is 9.83. The number of aryl methyl sites for hydroxylation is 1. The quantitative estimate of drug-likeness (QED) is 0.755. The van der Waals surface area contributed by atoms with Crippen LogP contribution in [0.4, 0.5) is 5.95 Å². The molecule has 2 fully saturated rings. The van der Waals surface area contributed by atoms with Gasteiger partial charge in [0, 0.05) is 37.9 Å². The van der Waals surface area contributed by atoms with Crippen molar-refractivity contribution in [2.45, 2.75) is 51.5 Å². The minimum absolute atomic E-state index is 0.132. The van der Waals surface area contributed by atoms with Gasteiger partial charge in [-0.25, -0.2) is 9.97 Å². The number of ether oxygens (including phenoxy) is 1. The summed E-state index contributed by atoms with van der Waals surface area (Å²) in [6.07, 6.45) is 7.42. The second-order valence-electron chi connectivity index (χ2n) is 7.26. The van der Waals surface area contributed by atoms with Gasteiger partial charge in [0.1, 0.15) is 5.69 Å². The molecule has 1 saturated carbocycles. The first kappa shape index (κ1) is 19.0. The zero-order chi connectivity index (χ0) is 18.2. The predicted octanol–water partition coefficient (Wildman–Crippen LogP) is 1.98. The van der Waals surface area contributed by atoms with Crippen molar-refractivity contribution in [3.05, 3.63) is 17.5 Å².